The van der Waals surface area contributed by atoms with E-state index in [0.717, 1.165) is 57.2 Å². The van der Waals surface area contributed by atoms with E-state index in [-0.39, 0.29) is 30.5 Å². The number of nitrogen functional groups attached to an aromatic ring is 1. The van der Waals surface area contributed by atoms with Crippen LogP contribution in [-0.4, -0.2) is 46.5 Å². The lowest BCUT2D eigenvalue weighted by Crippen LogP contribution is -2.46. The van der Waals surface area contributed by atoms with Crippen molar-refractivity contribution in [2.45, 2.75) is 57.9 Å². The molecule has 1 amide bonds. The number of rotatable bonds is 8. The molecule has 0 bridgehead atoms. The number of piperidine rings is 1. The third-order valence-corrected chi connectivity index (χ3v) is 6.84. The summed E-state index contributed by atoms with van der Waals surface area (Å²) in [5, 5.41) is 0. The summed E-state index contributed by atoms with van der Waals surface area (Å²) in [4.78, 5) is 44.9. The van der Waals surface area contributed by atoms with Crippen LogP contribution in [0.1, 0.15) is 56.9 Å². The number of hydrogen-bond acceptors (Lipinski definition) is 5. The normalized spacial score (nSPS) is 16.2. The number of amides is 1. The molecule has 0 spiro atoms. The van der Waals surface area contributed by atoms with E-state index in [2.05, 4.69) is 11.1 Å². The zero-order chi connectivity index (χ0) is 23.9. The van der Waals surface area contributed by atoms with Gasteiger partial charge in [0, 0.05) is 19.6 Å². The van der Waals surface area contributed by atoms with Gasteiger partial charge < -0.3 is 15.5 Å². The Morgan fingerprint density at radius 3 is 2.50 bits per heavy atom. The first-order valence-electron chi connectivity index (χ1n) is 12.4. The second kappa shape index (κ2) is 11.2. The van der Waals surface area contributed by atoms with Crippen LogP contribution in [0, 0.1) is 0 Å². The summed E-state index contributed by atoms with van der Waals surface area (Å²) >= 11 is 0. The highest BCUT2D eigenvalue weighted by Gasteiger charge is 2.25. The predicted molar refractivity (Wildman–Crippen MR) is 135 cm³/mol. The van der Waals surface area contributed by atoms with Gasteiger partial charge in [-0.25, -0.2) is 4.79 Å². The molecule has 8 nitrogen and oxygen atoms in total. The van der Waals surface area contributed by atoms with Gasteiger partial charge in [-0.2, -0.15) is 0 Å². The summed E-state index contributed by atoms with van der Waals surface area (Å²) in [6.45, 7) is 2.31. The summed E-state index contributed by atoms with van der Waals surface area (Å²) in [5.41, 5.74) is 7.83. The molecule has 8 heteroatoms. The van der Waals surface area contributed by atoms with Gasteiger partial charge in [-0.1, -0.05) is 42.0 Å². The highest BCUT2D eigenvalue weighted by atomic mass is 16.2. The fraction of sp³-hybridized carbons (Fsp3) is 0.500. The Hall–Kier alpha value is -3.29. The summed E-state index contributed by atoms with van der Waals surface area (Å²) in [6.07, 6.45) is 10.7. The number of hydrogen-bond donors (Lipinski definition) is 2. The van der Waals surface area contributed by atoms with Gasteiger partial charge in [0.05, 0.1) is 13.1 Å². The van der Waals surface area contributed by atoms with Crippen molar-refractivity contribution in [1.29, 1.82) is 0 Å². The van der Waals surface area contributed by atoms with Crippen molar-refractivity contribution >= 4 is 17.4 Å². The lowest BCUT2D eigenvalue weighted by Gasteiger charge is -2.31. The number of nitrogens with one attached hydrogen (secondary N) is 1. The van der Waals surface area contributed by atoms with E-state index in [0.29, 0.717) is 6.54 Å². The van der Waals surface area contributed by atoms with Crippen molar-refractivity contribution in [1.82, 2.24) is 14.5 Å². The number of likely N-dealkylation sites (tertiary alicyclic amines) is 1. The first-order chi connectivity index (χ1) is 16.5. The number of nitrogens with zero attached hydrogens (tertiary/aromatic N) is 3. The van der Waals surface area contributed by atoms with Crippen LogP contribution in [0.3, 0.4) is 0 Å². The molecule has 2 aliphatic rings. The van der Waals surface area contributed by atoms with Gasteiger partial charge in [0.1, 0.15) is 11.5 Å². The number of aromatic nitrogens is 2. The standard InChI is InChI=1S/C26H35N5O3/c27-24-23(25(33)28-26(34)31(24)18-21-12-6-2-7-13-21)30(17-14-20-10-4-1-5-11-20)19-22(32)29-15-8-3-9-16-29/h2,6-7,10,12-13H,1,3-5,8-9,11,14-19,27H2,(H,28,33,34). The third kappa shape index (κ3) is 5.79. The van der Waals surface area contributed by atoms with E-state index < -0.39 is 11.2 Å². The van der Waals surface area contributed by atoms with E-state index >= 15 is 0 Å². The van der Waals surface area contributed by atoms with Crippen molar-refractivity contribution in [2.24, 2.45) is 0 Å². The number of carbonyl (C=O) groups excluding carboxylic acids is 1. The molecule has 2 heterocycles. The van der Waals surface area contributed by atoms with Crippen LogP contribution in [0.4, 0.5) is 11.5 Å². The smallest absolute Gasteiger partial charge is 0.330 e. The van der Waals surface area contributed by atoms with Crippen molar-refractivity contribution < 1.29 is 4.79 Å². The quantitative estimate of drug-likeness (QED) is 0.584. The molecule has 3 N–H and O–H groups in total. The van der Waals surface area contributed by atoms with E-state index in [4.69, 9.17) is 5.73 Å². The second-order valence-electron chi connectivity index (χ2n) is 9.29. The Morgan fingerprint density at radius 2 is 1.79 bits per heavy atom. The molecule has 182 valence electrons. The molecular formula is C26H35N5O3. The Kier molecular flexibility index (Phi) is 7.87. The van der Waals surface area contributed by atoms with Crippen molar-refractivity contribution in [3.05, 3.63) is 68.4 Å². The summed E-state index contributed by atoms with van der Waals surface area (Å²) in [5.74, 6) is 0.0959. The lowest BCUT2D eigenvalue weighted by molar-refractivity contribution is -0.130. The predicted octanol–water partition coefficient (Wildman–Crippen LogP) is 2.88. The minimum atomic E-state index is -0.549. The highest BCUT2D eigenvalue weighted by Crippen LogP contribution is 2.23. The van der Waals surface area contributed by atoms with Crippen LogP contribution in [0.25, 0.3) is 0 Å². The van der Waals surface area contributed by atoms with Gasteiger partial charge in [0.25, 0.3) is 5.56 Å². The number of aromatic amines is 1. The fourth-order valence-corrected chi connectivity index (χ4v) is 4.89. The van der Waals surface area contributed by atoms with Crippen LogP contribution in [0.2, 0.25) is 0 Å². The first-order valence-corrected chi connectivity index (χ1v) is 12.4. The molecule has 0 radical (unpaired) electrons. The molecule has 4 rings (SSSR count). The van der Waals surface area contributed by atoms with E-state index in [1.807, 2.05) is 35.2 Å². The Labute approximate surface area is 200 Å². The number of carbonyl (C=O) groups is 1. The van der Waals surface area contributed by atoms with Gasteiger partial charge in [-0.3, -0.25) is 19.1 Å². The van der Waals surface area contributed by atoms with Crippen molar-refractivity contribution in [3.8, 4) is 0 Å². The molecule has 1 fully saturated rings. The largest absolute Gasteiger partial charge is 0.383 e. The molecule has 34 heavy (non-hydrogen) atoms. The van der Waals surface area contributed by atoms with Crippen molar-refractivity contribution in [3.63, 3.8) is 0 Å². The van der Waals surface area contributed by atoms with Gasteiger partial charge >= 0.3 is 5.69 Å². The zero-order valence-electron chi connectivity index (χ0n) is 19.8. The molecule has 1 aliphatic heterocycles. The molecule has 0 saturated carbocycles. The van der Waals surface area contributed by atoms with E-state index in [9.17, 15) is 14.4 Å². The van der Waals surface area contributed by atoms with Crippen LogP contribution in [-0.2, 0) is 11.3 Å². The molecule has 0 unspecified atom stereocenters. The number of nitrogens with two attached hydrogens (primary N) is 1. The molecule has 1 aliphatic carbocycles. The van der Waals surface area contributed by atoms with Crippen LogP contribution in [0.5, 0.6) is 0 Å². The molecular weight excluding hydrogens is 430 g/mol. The molecule has 2 aromatic rings. The van der Waals surface area contributed by atoms with Gasteiger partial charge in [-0.15, -0.1) is 0 Å². The van der Waals surface area contributed by atoms with Gasteiger partial charge in [0.15, 0.2) is 0 Å². The van der Waals surface area contributed by atoms with Gasteiger partial charge in [-0.05, 0) is 56.9 Å². The Morgan fingerprint density at radius 1 is 1.03 bits per heavy atom. The topological polar surface area (TPSA) is 104 Å². The van der Waals surface area contributed by atoms with Crippen LogP contribution >= 0.6 is 0 Å². The third-order valence-electron chi connectivity index (χ3n) is 6.84. The average Bonchev–Trinajstić information content (AvgIpc) is 2.86. The number of H-pyrrole nitrogens is 1. The van der Waals surface area contributed by atoms with Crippen LogP contribution < -0.4 is 21.9 Å². The maximum absolute atomic E-state index is 13.1. The molecule has 0 atom stereocenters. The Bertz CT molecular complexity index is 1130. The van der Waals surface area contributed by atoms with E-state index in [1.165, 1.54) is 23.0 Å². The SMILES string of the molecule is Nc1c(N(CCC2=CCCCC2)CC(=O)N2CCCCC2)c(=O)[nH]c(=O)n1Cc1ccccc1. The van der Waals surface area contributed by atoms with E-state index in [1.54, 1.807) is 4.90 Å². The summed E-state index contributed by atoms with van der Waals surface area (Å²) in [6, 6.07) is 9.50. The summed E-state index contributed by atoms with van der Waals surface area (Å²) < 4.78 is 1.38. The monoisotopic (exact) mass is 465 g/mol. The zero-order valence-corrected chi connectivity index (χ0v) is 19.8. The highest BCUT2D eigenvalue weighted by molar-refractivity contribution is 5.82. The second-order valence-corrected chi connectivity index (χ2v) is 9.29. The van der Waals surface area contributed by atoms with Crippen molar-refractivity contribution in [2.75, 3.05) is 36.8 Å². The number of allylic oxidation sites excluding steroid dienone is 1. The number of anilines is 2. The van der Waals surface area contributed by atoms with Crippen LogP contribution in [0.15, 0.2) is 51.6 Å². The number of benzene rings is 1. The maximum Gasteiger partial charge on any atom is 0.330 e. The Balaban J connectivity index is 1.65. The fourth-order valence-electron chi connectivity index (χ4n) is 4.89. The molecule has 1 saturated heterocycles. The first kappa shape index (κ1) is 23.9. The molecule has 1 aromatic carbocycles. The van der Waals surface area contributed by atoms with Gasteiger partial charge in [0.2, 0.25) is 5.91 Å². The minimum absolute atomic E-state index is 0.00284. The molecule has 1 aromatic heterocycles. The average molecular weight is 466 g/mol. The minimum Gasteiger partial charge on any atom is -0.383 e. The maximum atomic E-state index is 13.1. The lowest BCUT2D eigenvalue weighted by atomic mass is 9.97. The summed E-state index contributed by atoms with van der Waals surface area (Å²) in [7, 11) is 0.